The Balaban J connectivity index is 2.00. The number of hydrogen-bond donors (Lipinski definition) is 1. The van der Waals surface area contributed by atoms with E-state index < -0.39 is 0 Å². The molecule has 2 rings (SSSR count). The van der Waals surface area contributed by atoms with Crippen molar-refractivity contribution in [2.24, 2.45) is 0 Å². The van der Waals surface area contributed by atoms with E-state index in [1.54, 1.807) is 0 Å². The zero-order valence-corrected chi connectivity index (χ0v) is 16.1. The van der Waals surface area contributed by atoms with Gasteiger partial charge in [0.15, 0.2) is 11.5 Å². The van der Waals surface area contributed by atoms with Crippen molar-refractivity contribution in [3.05, 3.63) is 59.7 Å². The lowest BCUT2D eigenvalue weighted by molar-refractivity contribution is -0.122. The molecule has 0 aromatic heterocycles. The third-order valence-corrected chi connectivity index (χ3v) is 4.31. The lowest BCUT2D eigenvalue weighted by Crippen LogP contribution is -2.27. The van der Waals surface area contributed by atoms with Crippen LogP contribution < -0.4 is 14.8 Å². The summed E-state index contributed by atoms with van der Waals surface area (Å²) in [6.07, 6.45) is 0.462. The van der Waals surface area contributed by atoms with E-state index in [0.717, 1.165) is 11.3 Å². The Morgan fingerprint density at radius 1 is 0.923 bits per heavy atom. The van der Waals surface area contributed by atoms with Crippen molar-refractivity contribution in [3.63, 3.8) is 0 Å². The van der Waals surface area contributed by atoms with Crippen LogP contribution in [0.2, 0.25) is 0 Å². The fraction of sp³-hybridized carbons (Fsp3) is 0.409. The minimum atomic E-state index is -0.0969. The number of nitrogens with one attached hydrogen (secondary N) is 1. The van der Waals surface area contributed by atoms with Crippen molar-refractivity contribution in [2.75, 3.05) is 13.2 Å². The van der Waals surface area contributed by atoms with E-state index in [1.165, 1.54) is 5.56 Å². The molecular formula is C22H29NO3. The minimum absolute atomic E-state index is 0.0423. The normalized spacial score (nSPS) is 12.9. The van der Waals surface area contributed by atoms with Gasteiger partial charge in [-0.3, -0.25) is 4.79 Å². The first-order valence-electron chi connectivity index (χ1n) is 9.29. The van der Waals surface area contributed by atoms with E-state index >= 15 is 0 Å². The van der Waals surface area contributed by atoms with Gasteiger partial charge in [0, 0.05) is 6.42 Å². The quantitative estimate of drug-likeness (QED) is 0.699. The van der Waals surface area contributed by atoms with Crippen molar-refractivity contribution in [1.29, 1.82) is 0 Å². The van der Waals surface area contributed by atoms with Gasteiger partial charge in [0.05, 0.1) is 19.3 Å². The van der Waals surface area contributed by atoms with Crippen LogP contribution >= 0.6 is 0 Å². The Hall–Kier alpha value is -2.49. The third kappa shape index (κ3) is 5.51. The molecule has 4 nitrogen and oxygen atoms in total. The van der Waals surface area contributed by atoms with Crippen LogP contribution in [-0.4, -0.2) is 19.1 Å². The van der Waals surface area contributed by atoms with Gasteiger partial charge in [0.2, 0.25) is 5.91 Å². The van der Waals surface area contributed by atoms with E-state index in [-0.39, 0.29) is 17.9 Å². The number of hydrogen-bond acceptors (Lipinski definition) is 3. The third-order valence-electron chi connectivity index (χ3n) is 4.31. The van der Waals surface area contributed by atoms with Crippen molar-refractivity contribution < 1.29 is 14.3 Å². The Bertz CT molecular complexity index is 700. The average Bonchev–Trinajstić information content (AvgIpc) is 2.64. The minimum Gasteiger partial charge on any atom is -0.490 e. The fourth-order valence-corrected chi connectivity index (χ4v) is 2.90. The predicted molar refractivity (Wildman–Crippen MR) is 105 cm³/mol. The van der Waals surface area contributed by atoms with Gasteiger partial charge in [-0.2, -0.15) is 0 Å². The SMILES string of the molecule is CCOc1ccc([C@@H](C)NC(=O)C[C@H](C)c2ccccc2)cc1OCC. The molecule has 0 aliphatic heterocycles. The summed E-state index contributed by atoms with van der Waals surface area (Å²) in [5, 5.41) is 3.08. The van der Waals surface area contributed by atoms with Crippen LogP contribution in [0.15, 0.2) is 48.5 Å². The van der Waals surface area contributed by atoms with Crippen LogP contribution in [0.5, 0.6) is 11.5 Å². The fourth-order valence-electron chi connectivity index (χ4n) is 2.90. The van der Waals surface area contributed by atoms with Gasteiger partial charge in [0.1, 0.15) is 0 Å². The van der Waals surface area contributed by atoms with Crippen molar-refractivity contribution >= 4 is 5.91 Å². The molecule has 0 saturated carbocycles. The standard InChI is InChI=1S/C22H29NO3/c1-5-25-20-13-12-19(15-21(20)26-6-2)17(4)23-22(24)14-16(3)18-10-8-7-9-11-18/h7-13,15-17H,5-6,14H2,1-4H3,(H,23,24)/t16-,17+/m0/s1. The molecule has 0 spiro atoms. The number of carbonyl (C=O) groups excluding carboxylic acids is 1. The molecule has 2 aromatic rings. The molecule has 0 bridgehead atoms. The molecule has 0 heterocycles. The number of ether oxygens (including phenoxy) is 2. The van der Waals surface area contributed by atoms with Crippen LogP contribution in [0.25, 0.3) is 0 Å². The number of rotatable bonds is 9. The van der Waals surface area contributed by atoms with Crippen LogP contribution in [0.1, 0.15) is 57.2 Å². The largest absolute Gasteiger partial charge is 0.490 e. The number of amides is 1. The molecule has 4 heteroatoms. The van der Waals surface area contributed by atoms with Gasteiger partial charge >= 0.3 is 0 Å². The monoisotopic (exact) mass is 355 g/mol. The zero-order valence-electron chi connectivity index (χ0n) is 16.1. The number of carbonyl (C=O) groups is 1. The molecule has 26 heavy (non-hydrogen) atoms. The molecule has 0 fully saturated rings. The molecule has 2 atom stereocenters. The molecule has 0 radical (unpaired) electrons. The smallest absolute Gasteiger partial charge is 0.221 e. The van der Waals surface area contributed by atoms with Crippen LogP contribution in [0.3, 0.4) is 0 Å². The van der Waals surface area contributed by atoms with E-state index in [4.69, 9.17) is 9.47 Å². The van der Waals surface area contributed by atoms with Crippen molar-refractivity contribution in [2.45, 2.75) is 46.1 Å². The highest BCUT2D eigenvalue weighted by Gasteiger charge is 2.16. The van der Waals surface area contributed by atoms with Gasteiger partial charge in [-0.05, 0) is 49.9 Å². The second-order valence-corrected chi connectivity index (χ2v) is 6.38. The second kappa shape index (κ2) is 9.85. The van der Waals surface area contributed by atoms with E-state index in [0.29, 0.717) is 25.4 Å². The summed E-state index contributed by atoms with van der Waals surface area (Å²) in [7, 11) is 0. The van der Waals surface area contributed by atoms with Crippen molar-refractivity contribution in [3.8, 4) is 11.5 Å². The van der Waals surface area contributed by atoms with Gasteiger partial charge in [-0.1, -0.05) is 43.3 Å². The van der Waals surface area contributed by atoms with E-state index in [1.807, 2.05) is 57.2 Å². The molecule has 2 aromatic carbocycles. The molecule has 0 unspecified atom stereocenters. The average molecular weight is 355 g/mol. The second-order valence-electron chi connectivity index (χ2n) is 6.38. The summed E-state index contributed by atoms with van der Waals surface area (Å²) >= 11 is 0. The summed E-state index contributed by atoms with van der Waals surface area (Å²) in [6.45, 7) is 9.10. The Morgan fingerprint density at radius 3 is 2.23 bits per heavy atom. The maximum atomic E-state index is 12.4. The molecule has 0 aliphatic carbocycles. The highest BCUT2D eigenvalue weighted by molar-refractivity contribution is 5.77. The summed E-state index contributed by atoms with van der Waals surface area (Å²) in [5.41, 5.74) is 2.17. The Labute approximate surface area is 156 Å². The number of benzene rings is 2. The molecule has 1 N–H and O–H groups in total. The topological polar surface area (TPSA) is 47.6 Å². The Morgan fingerprint density at radius 2 is 1.58 bits per heavy atom. The van der Waals surface area contributed by atoms with Gasteiger partial charge in [-0.25, -0.2) is 0 Å². The zero-order chi connectivity index (χ0) is 18.9. The van der Waals surface area contributed by atoms with Gasteiger partial charge in [0.25, 0.3) is 0 Å². The summed E-state index contributed by atoms with van der Waals surface area (Å²) < 4.78 is 11.3. The highest BCUT2D eigenvalue weighted by atomic mass is 16.5. The first-order chi connectivity index (χ1) is 12.5. The van der Waals surface area contributed by atoms with Gasteiger partial charge < -0.3 is 14.8 Å². The molecular weight excluding hydrogens is 326 g/mol. The van der Waals surface area contributed by atoms with Crippen LogP contribution in [0, 0.1) is 0 Å². The Kier molecular flexibility index (Phi) is 7.52. The van der Waals surface area contributed by atoms with E-state index in [2.05, 4.69) is 24.4 Å². The van der Waals surface area contributed by atoms with Crippen LogP contribution in [0.4, 0.5) is 0 Å². The lowest BCUT2D eigenvalue weighted by atomic mass is 9.97. The molecule has 140 valence electrons. The molecule has 1 amide bonds. The van der Waals surface area contributed by atoms with Crippen molar-refractivity contribution in [1.82, 2.24) is 5.32 Å². The molecule has 0 aliphatic rings. The summed E-state index contributed by atoms with van der Waals surface area (Å²) in [4.78, 5) is 12.4. The summed E-state index contributed by atoms with van der Waals surface area (Å²) in [6, 6.07) is 15.8. The first-order valence-corrected chi connectivity index (χ1v) is 9.29. The lowest BCUT2D eigenvalue weighted by Gasteiger charge is -2.19. The maximum absolute atomic E-state index is 12.4. The summed E-state index contributed by atoms with van der Waals surface area (Å²) in [5.74, 6) is 1.67. The van der Waals surface area contributed by atoms with Gasteiger partial charge in [-0.15, -0.1) is 0 Å². The van der Waals surface area contributed by atoms with E-state index in [9.17, 15) is 4.79 Å². The highest BCUT2D eigenvalue weighted by Crippen LogP contribution is 2.31. The first kappa shape index (κ1) is 19.8. The predicted octanol–water partition coefficient (Wildman–Crippen LogP) is 4.86. The molecule has 0 saturated heterocycles. The van der Waals surface area contributed by atoms with Crippen LogP contribution in [-0.2, 0) is 4.79 Å². The maximum Gasteiger partial charge on any atom is 0.221 e.